The molecule has 0 aromatic heterocycles. The number of hydrogen-bond donors (Lipinski definition) is 3. The summed E-state index contributed by atoms with van der Waals surface area (Å²) >= 11 is 0. The highest BCUT2D eigenvalue weighted by Gasteiger charge is 2.34. The fraction of sp³-hybridized carbons (Fsp3) is 0.846. The van der Waals surface area contributed by atoms with Crippen LogP contribution in [0.5, 0.6) is 0 Å². The van der Waals surface area contributed by atoms with Crippen LogP contribution in [0.25, 0.3) is 0 Å². The van der Waals surface area contributed by atoms with Gasteiger partial charge in [-0.25, -0.2) is 4.79 Å². The van der Waals surface area contributed by atoms with E-state index in [0.29, 0.717) is 6.42 Å². The van der Waals surface area contributed by atoms with Crippen molar-refractivity contribution >= 4 is 12.0 Å². The molecule has 5 heteroatoms. The van der Waals surface area contributed by atoms with Gasteiger partial charge in [0.05, 0.1) is 5.92 Å². The van der Waals surface area contributed by atoms with Crippen LogP contribution in [0.3, 0.4) is 0 Å². The van der Waals surface area contributed by atoms with Gasteiger partial charge in [-0.3, -0.25) is 4.79 Å². The van der Waals surface area contributed by atoms with Gasteiger partial charge in [-0.05, 0) is 25.2 Å². The molecule has 1 rings (SSSR count). The van der Waals surface area contributed by atoms with Crippen LogP contribution in [-0.4, -0.2) is 29.2 Å². The summed E-state index contributed by atoms with van der Waals surface area (Å²) < 4.78 is 0. The van der Waals surface area contributed by atoms with Crippen LogP contribution in [0, 0.1) is 11.3 Å². The van der Waals surface area contributed by atoms with Gasteiger partial charge in [0.1, 0.15) is 0 Å². The van der Waals surface area contributed by atoms with Crippen LogP contribution >= 0.6 is 0 Å². The average Bonchev–Trinajstić information content (AvgIpc) is 2.63. The third-order valence-corrected chi connectivity index (χ3v) is 3.80. The lowest BCUT2D eigenvalue weighted by Crippen LogP contribution is -2.50. The molecule has 0 aliphatic heterocycles. The summed E-state index contributed by atoms with van der Waals surface area (Å²) in [5.41, 5.74) is -0.0147. The second-order valence-electron chi connectivity index (χ2n) is 6.19. The normalized spacial score (nSPS) is 25.6. The van der Waals surface area contributed by atoms with E-state index in [0.717, 1.165) is 12.8 Å². The predicted octanol–water partition coefficient (Wildman–Crippen LogP) is 1.97. The number of hydrogen-bond acceptors (Lipinski definition) is 2. The largest absolute Gasteiger partial charge is 0.481 e. The number of carbonyl (C=O) groups is 2. The molecule has 0 radical (unpaired) electrons. The number of aliphatic carboxylic acids is 1. The number of carboxylic acid groups (broad SMARTS) is 1. The third kappa shape index (κ3) is 3.89. The summed E-state index contributed by atoms with van der Waals surface area (Å²) in [6, 6.07) is -0.479. The van der Waals surface area contributed by atoms with Crippen LogP contribution in [0.1, 0.15) is 47.0 Å². The fourth-order valence-electron chi connectivity index (χ4n) is 2.05. The van der Waals surface area contributed by atoms with E-state index >= 15 is 0 Å². The number of carbonyl (C=O) groups excluding carboxylic acids is 1. The predicted molar refractivity (Wildman–Crippen MR) is 69.3 cm³/mol. The number of urea groups is 1. The van der Waals surface area contributed by atoms with E-state index in [1.54, 1.807) is 0 Å². The molecule has 1 fully saturated rings. The number of nitrogens with one attached hydrogen (secondary N) is 2. The van der Waals surface area contributed by atoms with Crippen molar-refractivity contribution < 1.29 is 14.7 Å². The van der Waals surface area contributed by atoms with Gasteiger partial charge in [0.2, 0.25) is 0 Å². The van der Waals surface area contributed by atoms with Gasteiger partial charge in [-0.1, -0.05) is 27.2 Å². The monoisotopic (exact) mass is 256 g/mol. The molecule has 0 bridgehead atoms. The van der Waals surface area contributed by atoms with E-state index in [1.807, 2.05) is 27.7 Å². The van der Waals surface area contributed by atoms with Crippen LogP contribution in [0.2, 0.25) is 0 Å². The molecule has 0 saturated heterocycles. The van der Waals surface area contributed by atoms with E-state index < -0.39 is 11.9 Å². The van der Waals surface area contributed by atoms with Crippen molar-refractivity contribution in [2.75, 3.05) is 0 Å². The maximum Gasteiger partial charge on any atom is 0.315 e. The smallest absolute Gasteiger partial charge is 0.315 e. The van der Waals surface area contributed by atoms with Crippen molar-refractivity contribution in [1.82, 2.24) is 10.6 Å². The van der Waals surface area contributed by atoms with Crippen LogP contribution < -0.4 is 10.6 Å². The molecule has 3 N–H and O–H groups in total. The molecule has 1 saturated carbocycles. The standard InChI is InChI=1S/C13H24N2O3/c1-8(13(2,3)4)14-12(18)15-10-7-5-6-9(10)11(16)17/h8-10H,5-7H2,1-4H3,(H,16,17)(H2,14,15,18). The molecule has 18 heavy (non-hydrogen) atoms. The minimum Gasteiger partial charge on any atom is -0.481 e. The second kappa shape index (κ2) is 5.59. The van der Waals surface area contributed by atoms with Crippen molar-refractivity contribution in [3.8, 4) is 0 Å². The highest BCUT2D eigenvalue weighted by molar-refractivity contribution is 5.77. The Kier molecular flexibility index (Phi) is 4.59. The Balaban J connectivity index is 2.48. The van der Waals surface area contributed by atoms with E-state index in [4.69, 9.17) is 5.11 Å². The molecule has 0 heterocycles. The molecular weight excluding hydrogens is 232 g/mol. The Bertz CT molecular complexity index is 323. The van der Waals surface area contributed by atoms with Crippen molar-refractivity contribution in [1.29, 1.82) is 0 Å². The molecule has 5 nitrogen and oxygen atoms in total. The molecule has 0 aromatic rings. The van der Waals surface area contributed by atoms with Gasteiger partial charge in [-0.2, -0.15) is 0 Å². The molecule has 104 valence electrons. The number of amides is 2. The maximum absolute atomic E-state index is 11.8. The van der Waals surface area contributed by atoms with Gasteiger partial charge in [0, 0.05) is 12.1 Å². The Morgan fingerprint density at radius 1 is 1.28 bits per heavy atom. The van der Waals surface area contributed by atoms with Gasteiger partial charge >= 0.3 is 12.0 Å². The first-order valence-electron chi connectivity index (χ1n) is 6.51. The summed E-state index contributed by atoms with van der Waals surface area (Å²) in [6.45, 7) is 8.09. The van der Waals surface area contributed by atoms with Gasteiger partial charge in [0.15, 0.2) is 0 Å². The first-order valence-corrected chi connectivity index (χ1v) is 6.51. The Labute approximate surface area is 108 Å². The zero-order chi connectivity index (χ0) is 13.9. The summed E-state index contributed by atoms with van der Waals surface area (Å²) in [6.07, 6.45) is 2.25. The maximum atomic E-state index is 11.8. The zero-order valence-electron chi connectivity index (χ0n) is 11.6. The topological polar surface area (TPSA) is 78.4 Å². The molecule has 3 atom stereocenters. The van der Waals surface area contributed by atoms with Crippen LogP contribution in [0.4, 0.5) is 4.79 Å². The number of carboxylic acids is 1. The fourth-order valence-corrected chi connectivity index (χ4v) is 2.05. The first-order chi connectivity index (χ1) is 8.21. The van der Waals surface area contributed by atoms with Crippen molar-refractivity contribution in [3.05, 3.63) is 0 Å². The molecular formula is C13H24N2O3. The van der Waals surface area contributed by atoms with Gasteiger partial charge in [-0.15, -0.1) is 0 Å². The third-order valence-electron chi connectivity index (χ3n) is 3.80. The summed E-state index contributed by atoms with van der Waals surface area (Å²) in [7, 11) is 0. The second-order valence-corrected chi connectivity index (χ2v) is 6.19. The quantitative estimate of drug-likeness (QED) is 0.722. The highest BCUT2D eigenvalue weighted by Crippen LogP contribution is 2.26. The SMILES string of the molecule is CC(NC(=O)NC1CCCC1C(=O)O)C(C)(C)C. The van der Waals surface area contributed by atoms with E-state index in [1.165, 1.54) is 0 Å². The minimum atomic E-state index is -0.818. The summed E-state index contributed by atoms with van der Waals surface area (Å²) in [5.74, 6) is -1.26. The highest BCUT2D eigenvalue weighted by atomic mass is 16.4. The first kappa shape index (κ1) is 14.8. The van der Waals surface area contributed by atoms with Crippen molar-refractivity contribution in [2.45, 2.75) is 59.0 Å². The lowest BCUT2D eigenvalue weighted by Gasteiger charge is -2.29. The summed E-state index contributed by atoms with van der Waals surface area (Å²) in [5, 5.41) is 14.7. The number of rotatable bonds is 3. The molecule has 3 unspecified atom stereocenters. The van der Waals surface area contributed by atoms with Crippen molar-refractivity contribution in [2.24, 2.45) is 11.3 Å². The Morgan fingerprint density at radius 2 is 1.89 bits per heavy atom. The van der Waals surface area contributed by atoms with Gasteiger partial charge in [0.25, 0.3) is 0 Å². The van der Waals surface area contributed by atoms with Gasteiger partial charge < -0.3 is 15.7 Å². The Morgan fingerprint density at radius 3 is 2.39 bits per heavy atom. The lowest BCUT2D eigenvalue weighted by molar-refractivity contribution is -0.142. The van der Waals surface area contributed by atoms with Crippen LogP contribution in [0.15, 0.2) is 0 Å². The molecule has 0 aromatic carbocycles. The zero-order valence-corrected chi connectivity index (χ0v) is 11.6. The lowest BCUT2D eigenvalue weighted by atomic mass is 9.88. The summed E-state index contributed by atoms with van der Waals surface area (Å²) in [4.78, 5) is 22.8. The average molecular weight is 256 g/mol. The van der Waals surface area contributed by atoms with E-state index in [-0.39, 0.29) is 23.5 Å². The molecule has 1 aliphatic rings. The molecule has 0 spiro atoms. The minimum absolute atomic E-state index is 0.0147. The van der Waals surface area contributed by atoms with E-state index in [9.17, 15) is 9.59 Å². The van der Waals surface area contributed by atoms with Crippen LogP contribution in [-0.2, 0) is 4.79 Å². The molecule has 2 amide bonds. The molecule has 1 aliphatic carbocycles. The van der Waals surface area contributed by atoms with Crippen molar-refractivity contribution in [3.63, 3.8) is 0 Å². The van der Waals surface area contributed by atoms with E-state index in [2.05, 4.69) is 10.6 Å². The Hall–Kier alpha value is -1.26.